The summed E-state index contributed by atoms with van der Waals surface area (Å²) in [5.41, 5.74) is 0.785. The molecule has 1 saturated carbocycles. The average molecular weight is 416 g/mol. The Morgan fingerprint density at radius 1 is 1.29 bits per heavy atom. The highest BCUT2D eigenvalue weighted by Crippen LogP contribution is 2.37. The molecule has 1 amide bonds. The molecule has 1 aromatic carbocycles. The molecule has 1 aliphatic heterocycles. The molecule has 2 aliphatic rings. The minimum absolute atomic E-state index is 0.00547. The van der Waals surface area contributed by atoms with Crippen molar-refractivity contribution in [2.45, 2.75) is 51.0 Å². The number of alkyl halides is 2. The van der Waals surface area contributed by atoms with E-state index in [-0.39, 0.29) is 31.1 Å². The number of amides is 1. The number of ether oxygens (including phenoxy) is 1. The monoisotopic (exact) mass is 416 g/mol. The van der Waals surface area contributed by atoms with E-state index < -0.39 is 34.3 Å². The predicted octanol–water partition coefficient (Wildman–Crippen LogP) is 2.94. The Morgan fingerprint density at radius 3 is 2.61 bits per heavy atom. The number of anilines is 1. The average Bonchev–Trinajstić information content (AvgIpc) is 3.08. The van der Waals surface area contributed by atoms with E-state index in [1.54, 1.807) is 29.2 Å². The minimum Gasteiger partial charge on any atom is -0.493 e. The summed E-state index contributed by atoms with van der Waals surface area (Å²) in [5.74, 6) is -2.94. The third-order valence-electron chi connectivity index (χ3n) is 5.35. The molecule has 9 heteroatoms. The van der Waals surface area contributed by atoms with Crippen LogP contribution >= 0.6 is 0 Å². The molecule has 0 spiro atoms. The van der Waals surface area contributed by atoms with Gasteiger partial charge in [-0.25, -0.2) is 21.9 Å². The summed E-state index contributed by atoms with van der Waals surface area (Å²) in [5, 5.41) is 0. The van der Waals surface area contributed by atoms with Crippen molar-refractivity contribution in [3.05, 3.63) is 24.3 Å². The fraction of sp³-hybridized carbons (Fsp3) is 0.632. The van der Waals surface area contributed by atoms with Gasteiger partial charge in [0, 0.05) is 43.5 Å². The molecule has 3 rings (SSSR count). The van der Waals surface area contributed by atoms with Crippen molar-refractivity contribution in [2.24, 2.45) is 5.92 Å². The number of hydrogen-bond acceptors (Lipinski definition) is 4. The summed E-state index contributed by atoms with van der Waals surface area (Å²) in [6.45, 7) is 2.20. The van der Waals surface area contributed by atoms with Crippen molar-refractivity contribution < 1.29 is 26.7 Å². The van der Waals surface area contributed by atoms with Crippen LogP contribution in [0.1, 0.15) is 39.0 Å². The summed E-state index contributed by atoms with van der Waals surface area (Å²) in [6, 6.07) is 6.38. The summed E-state index contributed by atoms with van der Waals surface area (Å²) in [7, 11) is -3.48. The highest BCUT2D eigenvalue weighted by molar-refractivity contribution is 7.89. The van der Waals surface area contributed by atoms with Crippen LogP contribution < -0.4 is 14.4 Å². The van der Waals surface area contributed by atoms with E-state index >= 15 is 0 Å². The standard InChI is InChI=1S/C19H26F2N2O4S/c1-2-28(25,26)22-17-9-10-19(20,21)12-14(17)13-27-16-7-5-15(6-8-16)23-11-3-4-18(23)24/h5-8,14,17,22H,2-4,9-13H2,1H3/t14-,17+/m1/s1. The Balaban J connectivity index is 1.63. The Morgan fingerprint density at radius 2 is 2.00 bits per heavy atom. The number of nitrogens with zero attached hydrogens (tertiary/aromatic N) is 1. The summed E-state index contributed by atoms with van der Waals surface area (Å²) >= 11 is 0. The molecule has 1 aromatic rings. The fourth-order valence-electron chi connectivity index (χ4n) is 3.72. The maximum Gasteiger partial charge on any atom is 0.248 e. The molecule has 156 valence electrons. The lowest BCUT2D eigenvalue weighted by Gasteiger charge is -2.36. The van der Waals surface area contributed by atoms with Crippen molar-refractivity contribution in [2.75, 3.05) is 23.8 Å². The first-order valence-corrected chi connectivity index (χ1v) is 11.3. The molecule has 1 N–H and O–H groups in total. The molecular weight excluding hydrogens is 390 g/mol. The highest BCUT2D eigenvalue weighted by Gasteiger charge is 2.42. The second kappa shape index (κ2) is 8.32. The van der Waals surface area contributed by atoms with Gasteiger partial charge in [0.2, 0.25) is 21.9 Å². The number of halogens is 2. The van der Waals surface area contributed by atoms with Gasteiger partial charge in [-0.3, -0.25) is 4.79 Å². The van der Waals surface area contributed by atoms with Gasteiger partial charge in [-0.2, -0.15) is 0 Å². The lowest BCUT2D eigenvalue weighted by Crippen LogP contribution is -2.48. The van der Waals surface area contributed by atoms with Gasteiger partial charge in [0.15, 0.2) is 0 Å². The zero-order chi connectivity index (χ0) is 20.4. The second-order valence-electron chi connectivity index (χ2n) is 7.44. The zero-order valence-electron chi connectivity index (χ0n) is 15.9. The largest absolute Gasteiger partial charge is 0.493 e. The third-order valence-corrected chi connectivity index (χ3v) is 6.77. The molecule has 1 saturated heterocycles. The molecular formula is C19H26F2N2O4S. The van der Waals surface area contributed by atoms with Gasteiger partial charge in [-0.05, 0) is 44.0 Å². The first-order valence-electron chi connectivity index (χ1n) is 9.60. The van der Waals surface area contributed by atoms with Crippen molar-refractivity contribution in [3.63, 3.8) is 0 Å². The van der Waals surface area contributed by atoms with Crippen molar-refractivity contribution in [1.82, 2.24) is 4.72 Å². The molecule has 0 bridgehead atoms. The van der Waals surface area contributed by atoms with Crippen LogP contribution in [-0.2, 0) is 14.8 Å². The second-order valence-corrected chi connectivity index (χ2v) is 9.48. The van der Waals surface area contributed by atoms with Gasteiger partial charge in [0.05, 0.1) is 12.4 Å². The van der Waals surface area contributed by atoms with Gasteiger partial charge in [-0.15, -0.1) is 0 Å². The topological polar surface area (TPSA) is 75.7 Å². The summed E-state index contributed by atoms with van der Waals surface area (Å²) in [6.07, 6.45) is 0.713. The van der Waals surface area contributed by atoms with Gasteiger partial charge in [0.1, 0.15) is 5.75 Å². The summed E-state index contributed by atoms with van der Waals surface area (Å²) < 4.78 is 59.7. The van der Waals surface area contributed by atoms with E-state index in [2.05, 4.69) is 4.72 Å². The maximum atomic E-state index is 13.9. The number of benzene rings is 1. The van der Waals surface area contributed by atoms with E-state index in [0.717, 1.165) is 12.1 Å². The number of carbonyl (C=O) groups is 1. The van der Waals surface area contributed by atoms with Crippen LogP contribution in [0.25, 0.3) is 0 Å². The van der Waals surface area contributed by atoms with Gasteiger partial charge in [0.25, 0.3) is 0 Å². The van der Waals surface area contributed by atoms with E-state index in [1.165, 1.54) is 6.92 Å². The quantitative estimate of drug-likeness (QED) is 0.742. The molecule has 0 unspecified atom stereocenters. The number of hydrogen-bond donors (Lipinski definition) is 1. The van der Waals surface area contributed by atoms with Crippen LogP contribution in [0.4, 0.5) is 14.5 Å². The molecule has 0 radical (unpaired) electrons. The third kappa shape index (κ3) is 5.20. The number of rotatable bonds is 7. The van der Waals surface area contributed by atoms with Crippen LogP contribution in [0.3, 0.4) is 0 Å². The van der Waals surface area contributed by atoms with Crippen LogP contribution in [0.5, 0.6) is 5.75 Å². The van der Waals surface area contributed by atoms with Crippen molar-refractivity contribution in [1.29, 1.82) is 0 Å². The fourth-order valence-corrected chi connectivity index (χ4v) is 4.66. The Kier molecular flexibility index (Phi) is 6.24. The van der Waals surface area contributed by atoms with Crippen LogP contribution in [0.2, 0.25) is 0 Å². The minimum atomic E-state index is -3.48. The molecule has 2 atom stereocenters. The van der Waals surface area contributed by atoms with Crippen LogP contribution in [0.15, 0.2) is 24.3 Å². The lowest BCUT2D eigenvalue weighted by atomic mass is 9.83. The molecule has 1 heterocycles. The van der Waals surface area contributed by atoms with Gasteiger partial charge in [-0.1, -0.05) is 0 Å². The first-order chi connectivity index (χ1) is 13.2. The van der Waals surface area contributed by atoms with Crippen LogP contribution in [0, 0.1) is 5.92 Å². The molecule has 6 nitrogen and oxygen atoms in total. The predicted molar refractivity (Wildman–Crippen MR) is 102 cm³/mol. The maximum absolute atomic E-state index is 13.9. The molecule has 1 aliphatic carbocycles. The SMILES string of the molecule is CCS(=O)(=O)N[C@H]1CCC(F)(F)C[C@@H]1COc1ccc(N2CCCC2=O)cc1. The van der Waals surface area contributed by atoms with Crippen molar-refractivity contribution in [3.8, 4) is 5.75 Å². The van der Waals surface area contributed by atoms with E-state index in [9.17, 15) is 22.0 Å². The van der Waals surface area contributed by atoms with Gasteiger partial charge < -0.3 is 9.64 Å². The van der Waals surface area contributed by atoms with Crippen molar-refractivity contribution >= 4 is 21.6 Å². The Bertz CT molecular complexity index is 799. The zero-order valence-corrected chi connectivity index (χ0v) is 16.7. The first kappa shape index (κ1) is 21.0. The van der Waals surface area contributed by atoms with E-state index in [4.69, 9.17) is 4.74 Å². The Labute approximate surface area is 164 Å². The molecule has 2 fully saturated rings. The number of carbonyl (C=O) groups excluding carboxylic acids is 1. The smallest absolute Gasteiger partial charge is 0.248 e. The van der Waals surface area contributed by atoms with E-state index in [1.807, 2.05) is 0 Å². The number of sulfonamides is 1. The summed E-state index contributed by atoms with van der Waals surface area (Å²) in [4.78, 5) is 13.5. The Hall–Kier alpha value is -1.74. The van der Waals surface area contributed by atoms with Crippen LogP contribution in [-0.4, -0.2) is 45.2 Å². The van der Waals surface area contributed by atoms with E-state index in [0.29, 0.717) is 18.7 Å². The lowest BCUT2D eigenvalue weighted by molar-refractivity contribution is -0.117. The van der Waals surface area contributed by atoms with Gasteiger partial charge >= 0.3 is 0 Å². The molecule has 28 heavy (non-hydrogen) atoms. The normalized spacial score (nSPS) is 25.1. The highest BCUT2D eigenvalue weighted by atomic mass is 32.2. The molecule has 0 aromatic heterocycles. The number of nitrogens with one attached hydrogen (secondary N) is 1.